The van der Waals surface area contributed by atoms with Crippen molar-refractivity contribution in [3.8, 4) is 11.3 Å². The van der Waals surface area contributed by atoms with Crippen LogP contribution in [0.15, 0.2) is 42.5 Å². The Morgan fingerprint density at radius 1 is 1.04 bits per heavy atom. The molecule has 0 aliphatic rings. The van der Waals surface area contributed by atoms with Crippen LogP contribution in [0, 0.1) is 5.92 Å². The molecule has 1 heterocycles. The minimum atomic E-state index is 0. The van der Waals surface area contributed by atoms with E-state index in [1.807, 2.05) is 36.4 Å². The molecule has 2 N–H and O–H groups in total. The number of nitrogen functional groups attached to an aromatic ring is 1. The molecule has 3 nitrogen and oxygen atoms in total. The summed E-state index contributed by atoms with van der Waals surface area (Å²) in [6, 6.07) is 14.0. The molecule has 0 aliphatic heterocycles. The van der Waals surface area contributed by atoms with Crippen LogP contribution in [0.3, 0.4) is 0 Å². The van der Waals surface area contributed by atoms with Crippen molar-refractivity contribution >= 4 is 40.7 Å². The first kappa shape index (κ1) is 17.5. The summed E-state index contributed by atoms with van der Waals surface area (Å²) in [5, 5.41) is 2.83. The molecule has 0 radical (unpaired) electrons. The maximum Gasteiger partial charge on any atom is 0.220 e. The van der Waals surface area contributed by atoms with Gasteiger partial charge in [0.25, 0.3) is 0 Å². The van der Waals surface area contributed by atoms with E-state index in [2.05, 4.69) is 29.9 Å². The fourth-order valence-corrected chi connectivity index (χ4v) is 2.89. The van der Waals surface area contributed by atoms with Crippen LogP contribution in [0.1, 0.15) is 19.5 Å². The average Bonchev–Trinajstić information content (AvgIpc) is 2.46. The molecule has 23 heavy (non-hydrogen) atoms. The minimum Gasteiger partial charge on any atom is -0.368 e. The van der Waals surface area contributed by atoms with E-state index in [-0.39, 0.29) is 12.4 Å². The van der Waals surface area contributed by atoms with Crippen molar-refractivity contribution in [3.05, 3.63) is 53.2 Å². The van der Waals surface area contributed by atoms with Gasteiger partial charge in [-0.15, -0.1) is 12.4 Å². The van der Waals surface area contributed by atoms with Gasteiger partial charge in [0, 0.05) is 21.7 Å². The number of fused-ring (bicyclic) bond motifs is 1. The summed E-state index contributed by atoms with van der Waals surface area (Å²) >= 11 is 6.29. The molecule has 3 aromatic rings. The van der Waals surface area contributed by atoms with Gasteiger partial charge in [-0.1, -0.05) is 55.8 Å². The Labute approximate surface area is 147 Å². The summed E-state index contributed by atoms with van der Waals surface area (Å²) in [6.07, 6.45) is 0.880. The van der Waals surface area contributed by atoms with Gasteiger partial charge in [-0.3, -0.25) is 0 Å². The first-order valence-electron chi connectivity index (χ1n) is 7.35. The number of anilines is 1. The van der Waals surface area contributed by atoms with Crippen molar-refractivity contribution in [3.63, 3.8) is 0 Å². The predicted molar refractivity (Wildman–Crippen MR) is 100 cm³/mol. The van der Waals surface area contributed by atoms with Crippen molar-refractivity contribution in [2.75, 3.05) is 5.73 Å². The highest BCUT2D eigenvalue weighted by Gasteiger charge is 2.11. The minimum absolute atomic E-state index is 0. The van der Waals surface area contributed by atoms with Crippen LogP contribution in [-0.2, 0) is 6.42 Å². The molecule has 1 aromatic heterocycles. The Morgan fingerprint density at radius 3 is 2.43 bits per heavy atom. The monoisotopic (exact) mass is 347 g/mol. The molecule has 0 amide bonds. The third kappa shape index (κ3) is 3.74. The van der Waals surface area contributed by atoms with Crippen LogP contribution in [-0.4, -0.2) is 9.97 Å². The average molecular weight is 348 g/mol. The van der Waals surface area contributed by atoms with Gasteiger partial charge in [0.15, 0.2) is 0 Å². The summed E-state index contributed by atoms with van der Waals surface area (Å²) in [6.45, 7) is 4.32. The smallest absolute Gasteiger partial charge is 0.220 e. The van der Waals surface area contributed by atoms with E-state index in [4.69, 9.17) is 17.3 Å². The number of rotatable bonds is 3. The van der Waals surface area contributed by atoms with E-state index in [0.717, 1.165) is 39.2 Å². The van der Waals surface area contributed by atoms with Crippen LogP contribution in [0.4, 0.5) is 5.95 Å². The van der Waals surface area contributed by atoms with Gasteiger partial charge in [0.1, 0.15) is 0 Å². The Kier molecular flexibility index (Phi) is 5.45. The first-order valence-corrected chi connectivity index (χ1v) is 7.73. The van der Waals surface area contributed by atoms with Crippen LogP contribution in [0.2, 0.25) is 5.02 Å². The maximum atomic E-state index is 6.29. The van der Waals surface area contributed by atoms with E-state index in [0.29, 0.717) is 11.9 Å². The van der Waals surface area contributed by atoms with Crippen molar-refractivity contribution in [2.24, 2.45) is 5.92 Å². The van der Waals surface area contributed by atoms with Gasteiger partial charge < -0.3 is 5.73 Å². The second-order valence-corrected chi connectivity index (χ2v) is 6.25. The van der Waals surface area contributed by atoms with Gasteiger partial charge in [-0.2, -0.15) is 0 Å². The molecule has 0 atom stereocenters. The van der Waals surface area contributed by atoms with E-state index >= 15 is 0 Å². The standard InChI is InChI=1S/C18H18ClN3.ClH/c1-11(2)9-12-10-17(22-18(20)21-12)15-7-8-16(19)14-6-4-3-5-13(14)15;/h3-8,10-11H,9H2,1-2H3,(H2,20,21,22);1H. The van der Waals surface area contributed by atoms with Crippen molar-refractivity contribution in [1.82, 2.24) is 9.97 Å². The molecular formula is C18H19Cl2N3. The molecule has 0 saturated carbocycles. The molecule has 120 valence electrons. The number of aromatic nitrogens is 2. The fraction of sp³-hybridized carbons (Fsp3) is 0.222. The number of hydrogen-bond donors (Lipinski definition) is 1. The van der Waals surface area contributed by atoms with Gasteiger partial charge in [0.2, 0.25) is 5.95 Å². The predicted octanol–water partition coefficient (Wildman–Crippen LogP) is 5.15. The first-order chi connectivity index (χ1) is 10.5. The zero-order valence-electron chi connectivity index (χ0n) is 13.1. The molecule has 2 aromatic carbocycles. The van der Waals surface area contributed by atoms with Crippen LogP contribution < -0.4 is 5.73 Å². The van der Waals surface area contributed by atoms with E-state index < -0.39 is 0 Å². The largest absolute Gasteiger partial charge is 0.368 e. The highest BCUT2D eigenvalue weighted by Crippen LogP contribution is 2.32. The zero-order chi connectivity index (χ0) is 15.7. The van der Waals surface area contributed by atoms with E-state index in [1.54, 1.807) is 0 Å². The van der Waals surface area contributed by atoms with Crippen LogP contribution in [0.25, 0.3) is 22.0 Å². The fourth-order valence-electron chi connectivity index (χ4n) is 2.66. The molecule has 0 aliphatic carbocycles. The number of hydrogen-bond acceptors (Lipinski definition) is 3. The maximum absolute atomic E-state index is 6.29. The molecule has 0 fully saturated rings. The second kappa shape index (κ2) is 7.16. The summed E-state index contributed by atoms with van der Waals surface area (Å²) in [5.41, 5.74) is 8.74. The van der Waals surface area contributed by atoms with Crippen LogP contribution in [0.5, 0.6) is 0 Å². The second-order valence-electron chi connectivity index (χ2n) is 5.84. The third-order valence-corrected chi connectivity index (χ3v) is 3.89. The lowest BCUT2D eigenvalue weighted by atomic mass is 10.0. The van der Waals surface area contributed by atoms with Crippen molar-refractivity contribution in [1.29, 1.82) is 0 Å². The Morgan fingerprint density at radius 2 is 1.74 bits per heavy atom. The molecule has 5 heteroatoms. The molecule has 0 saturated heterocycles. The summed E-state index contributed by atoms with van der Waals surface area (Å²) in [5.74, 6) is 0.830. The number of halogens is 2. The van der Waals surface area contributed by atoms with E-state index in [9.17, 15) is 0 Å². The quantitative estimate of drug-likeness (QED) is 0.712. The molecule has 3 rings (SSSR count). The Balaban J connectivity index is 0.00000192. The van der Waals surface area contributed by atoms with Crippen molar-refractivity contribution in [2.45, 2.75) is 20.3 Å². The molecular weight excluding hydrogens is 329 g/mol. The Bertz CT molecular complexity index is 832. The van der Waals surface area contributed by atoms with Gasteiger partial charge in [-0.25, -0.2) is 9.97 Å². The molecule has 0 bridgehead atoms. The molecule has 0 unspecified atom stereocenters. The number of benzene rings is 2. The Hall–Kier alpha value is -1.84. The third-order valence-electron chi connectivity index (χ3n) is 3.56. The summed E-state index contributed by atoms with van der Waals surface area (Å²) in [4.78, 5) is 8.75. The highest BCUT2D eigenvalue weighted by atomic mass is 35.5. The lowest BCUT2D eigenvalue weighted by Crippen LogP contribution is -2.04. The summed E-state index contributed by atoms with van der Waals surface area (Å²) < 4.78 is 0. The molecule has 0 spiro atoms. The van der Waals surface area contributed by atoms with E-state index in [1.165, 1.54) is 0 Å². The van der Waals surface area contributed by atoms with Gasteiger partial charge in [-0.05, 0) is 29.9 Å². The lowest BCUT2D eigenvalue weighted by Gasteiger charge is -2.11. The van der Waals surface area contributed by atoms with Crippen LogP contribution >= 0.6 is 24.0 Å². The zero-order valence-corrected chi connectivity index (χ0v) is 14.7. The summed E-state index contributed by atoms with van der Waals surface area (Å²) in [7, 11) is 0. The SMILES string of the molecule is CC(C)Cc1cc(-c2ccc(Cl)c3ccccc23)nc(N)n1.Cl. The highest BCUT2D eigenvalue weighted by molar-refractivity contribution is 6.36. The topological polar surface area (TPSA) is 51.8 Å². The van der Waals surface area contributed by atoms with Gasteiger partial charge in [0.05, 0.1) is 5.69 Å². The van der Waals surface area contributed by atoms with Crippen molar-refractivity contribution < 1.29 is 0 Å². The number of nitrogens with zero attached hydrogens (tertiary/aromatic N) is 2. The normalized spacial score (nSPS) is 10.8. The lowest BCUT2D eigenvalue weighted by molar-refractivity contribution is 0.635. The van der Waals surface area contributed by atoms with Gasteiger partial charge >= 0.3 is 0 Å². The number of nitrogens with two attached hydrogens (primary N) is 1.